The lowest BCUT2D eigenvalue weighted by Gasteiger charge is -2.16. The first-order valence-electron chi connectivity index (χ1n) is 16.9. The molecule has 1 aliphatic rings. The van der Waals surface area contributed by atoms with Gasteiger partial charge in [0.2, 0.25) is 0 Å². The first-order valence-corrected chi connectivity index (χ1v) is 16.9. The molecule has 1 unspecified atom stereocenters. The topological polar surface area (TPSA) is 51.8 Å². The maximum Gasteiger partial charge on any atom is 0.164 e. The van der Waals surface area contributed by atoms with Gasteiger partial charge in [0.1, 0.15) is 11.2 Å². The second kappa shape index (κ2) is 11.5. The predicted octanol–water partition coefficient (Wildman–Crippen LogP) is 11.6. The average Bonchev–Trinajstić information content (AvgIpc) is 3.74. The SMILES string of the molecule is c1ccc(-c2ccc3c(c2)C(c2cccc4c2oc2cccc(-c5nc(-c6ccccc6)nc(-c6ccccc6)n5)c24)c2ccccc2-3)cc1. The third-order valence-corrected chi connectivity index (χ3v) is 9.84. The normalized spacial score (nSPS) is 13.4. The molecule has 50 heavy (non-hydrogen) atoms. The van der Waals surface area contributed by atoms with Crippen molar-refractivity contribution in [3.63, 3.8) is 0 Å². The van der Waals surface area contributed by atoms with Crippen molar-refractivity contribution >= 4 is 21.9 Å². The Morgan fingerprint density at radius 2 is 0.940 bits per heavy atom. The number of rotatable bonds is 5. The van der Waals surface area contributed by atoms with E-state index in [1.54, 1.807) is 0 Å². The van der Waals surface area contributed by atoms with Gasteiger partial charge in [-0.3, -0.25) is 0 Å². The molecule has 1 aliphatic carbocycles. The Bertz CT molecular complexity index is 2640. The zero-order chi connectivity index (χ0) is 33.0. The van der Waals surface area contributed by atoms with E-state index in [0.717, 1.165) is 44.2 Å². The molecule has 0 saturated heterocycles. The molecule has 0 N–H and O–H groups in total. The van der Waals surface area contributed by atoms with Crippen LogP contribution >= 0.6 is 0 Å². The maximum absolute atomic E-state index is 6.86. The first kappa shape index (κ1) is 28.4. The zero-order valence-corrected chi connectivity index (χ0v) is 27.0. The molecule has 2 heterocycles. The average molecular weight is 640 g/mol. The van der Waals surface area contributed by atoms with Crippen LogP contribution in [0.4, 0.5) is 0 Å². The van der Waals surface area contributed by atoms with E-state index in [2.05, 4.69) is 97.1 Å². The van der Waals surface area contributed by atoms with E-state index in [0.29, 0.717) is 17.5 Å². The highest BCUT2D eigenvalue weighted by molar-refractivity contribution is 6.13. The minimum atomic E-state index is 0.0177. The standard InChI is InChI=1S/C46H29N3O/c1-4-14-29(15-5-1)32-26-27-34-33-20-10-11-21-35(33)41(39(34)28-32)36-22-12-23-37-42-38(24-13-25-40(42)50-43(36)37)46-48-44(30-16-6-2-7-17-30)47-45(49-46)31-18-8-3-9-19-31/h1-28,41H. The molecule has 4 nitrogen and oxygen atoms in total. The molecule has 4 heteroatoms. The van der Waals surface area contributed by atoms with Crippen LogP contribution in [0.15, 0.2) is 174 Å². The fraction of sp³-hybridized carbons (Fsp3) is 0.0217. The molecular formula is C46H29N3O. The molecule has 0 aliphatic heterocycles. The minimum absolute atomic E-state index is 0.0177. The number of nitrogens with zero attached hydrogens (tertiary/aromatic N) is 3. The van der Waals surface area contributed by atoms with Crippen LogP contribution in [0.1, 0.15) is 22.6 Å². The quantitative estimate of drug-likeness (QED) is 0.188. The number of furan rings is 1. The van der Waals surface area contributed by atoms with Gasteiger partial charge in [0.05, 0.1) is 0 Å². The number of para-hydroxylation sites is 1. The summed E-state index contributed by atoms with van der Waals surface area (Å²) in [4.78, 5) is 15.1. The van der Waals surface area contributed by atoms with E-state index < -0.39 is 0 Å². The lowest BCUT2D eigenvalue weighted by atomic mass is 9.87. The van der Waals surface area contributed by atoms with Gasteiger partial charge in [0, 0.05) is 38.9 Å². The number of benzene rings is 7. The summed E-state index contributed by atoms with van der Waals surface area (Å²) in [6.07, 6.45) is 0. The van der Waals surface area contributed by atoms with Gasteiger partial charge in [0.15, 0.2) is 17.5 Å². The number of fused-ring (bicyclic) bond motifs is 6. The zero-order valence-electron chi connectivity index (χ0n) is 27.0. The van der Waals surface area contributed by atoms with Gasteiger partial charge >= 0.3 is 0 Å². The third kappa shape index (κ3) is 4.57. The van der Waals surface area contributed by atoms with Crippen molar-refractivity contribution in [2.45, 2.75) is 5.92 Å². The van der Waals surface area contributed by atoms with Crippen molar-refractivity contribution in [2.24, 2.45) is 0 Å². The summed E-state index contributed by atoms with van der Waals surface area (Å²) in [5, 5.41) is 2.04. The van der Waals surface area contributed by atoms with E-state index in [1.807, 2.05) is 72.8 Å². The van der Waals surface area contributed by atoms with Crippen LogP contribution in [0.25, 0.3) is 78.4 Å². The fourth-order valence-corrected chi connectivity index (χ4v) is 7.57. The van der Waals surface area contributed by atoms with Gasteiger partial charge in [-0.25, -0.2) is 15.0 Å². The maximum atomic E-state index is 6.86. The van der Waals surface area contributed by atoms with Crippen LogP contribution in [-0.4, -0.2) is 15.0 Å². The molecule has 9 aromatic rings. The van der Waals surface area contributed by atoms with E-state index >= 15 is 0 Å². The van der Waals surface area contributed by atoms with Gasteiger partial charge in [-0.2, -0.15) is 0 Å². The van der Waals surface area contributed by atoms with Crippen LogP contribution in [0.2, 0.25) is 0 Å². The Balaban J connectivity index is 1.19. The molecule has 2 aromatic heterocycles. The summed E-state index contributed by atoms with van der Waals surface area (Å²) in [5.74, 6) is 1.89. The van der Waals surface area contributed by atoms with Crippen molar-refractivity contribution in [1.29, 1.82) is 0 Å². The van der Waals surface area contributed by atoms with Crippen molar-refractivity contribution in [3.8, 4) is 56.4 Å². The Labute approximate surface area is 289 Å². The van der Waals surface area contributed by atoms with Crippen LogP contribution < -0.4 is 0 Å². The highest BCUT2D eigenvalue weighted by atomic mass is 16.3. The molecule has 10 rings (SSSR count). The number of hydrogen-bond donors (Lipinski definition) is 0. The highest BCUT2D eigenvalue weighted by Crippen LogP contribution is 2.51. The number of aromatic nitrogens is 3. The minimum Gasteiger partial charge on any atom is -0.456 e. The fourth-order valence-electron chi connectivity index (χ4n) is 7.57. The van der Waals surface area contributed by atoms with Crippen molar-refractivity contribution in [1.82, 2.24) is 15.0 Å². The highest BCUT2D eigenvalue weighted by Gasteiger charge is 2.32. The third-order valence-electron chi connectivity index (χ3n) is 9.84. The summed E-state index contributed by atoms with van der Waals surface area (Å²) in [7, 11) is 0. The van der Waals surface area contributed by atoms with Crippen molar-refractivity contribution < 1.29 is 4.42 Å². The molecule has 234 valence electrons. The lowest BCUT2D eigenvalue weighted by molar-refractivity contribution is 0.661. The monoisotopic (exact) mass is 639 g/mol. The van der Waals surface area contributed by atoms with E-state index in [-0.39, 0.29) is 5.92 Å². The lowest BCUT2D eigenvalue weighted by Crippen LogP contribution is -2.00. The molecule has 1 atom stereocenters. The predicted molar refractivity (Wildman–Crippen MR) is 202 cm³/mol. The molecule has 0 radical (unpaired) electrons. The Morgan fingerprint density at radius 1 is 0.380 bits per heavy atom. The van der Waals surface area contributed by atoms with Gasteiger partial charge in [0.25, 0.3) is 0 Å². The van der Waals surface area contributed by atoms with Crippen LogP contribution in [0, 0.1) is 0 Å². The summed E-state index contributed by atoms with van der Waals surface area (Å²) in [5.41, 5.74) is 13.2. The molecule has 7 aromatic carbocycles. The first-order chi connectivity index (χ1) is 24.8. The van der Waals surface area contributed by atoms with Crippen LogP contribution in [-0.2, 0) is 0 Å². The van der Waals surface area contributed by atoms with Gasteiger partial charge < -0.3 is 4.42 Å². The summed E-state index contributed by atoms with van der Waals surface area (Å²) < 4.78 is 6.86. The van der Waals surface area contributed by atoms with Crippen LogP contribution in [0.3, 0.4) is 0 Å². The molecule has 0 fully saturated rings. The number of hydrogen-bond acceptors (Lipinski definition) is 4. The van der Waals surface area contributed by atoms with E-state index in [1.165, 1.54) is 33.4 Å². The molecular weight excluding hydrogens is 611 g/mol. The summed E-state index contributed by atoms with van der Waals surface area (Å²) >= 11 is 0. The van der Waals surface area contributed by atoms with Gasteiger partial charge in [-0.1, -0.05) is 158 Å². The molecule has 0 spiro atoms. The summed E-state index contributed by atoms with van der Waals surface area (Å²) in [6, 6.07) is 59.2. The Morgan fingerprint density at radius 3 is 1.66 bits per heavy atom. The van der Waals surface area contributed by atoms with E-state index in [4.69, 9.17) is 19.4 Å². The van der Waals surface area contributed by atoms with E-state index in [9.17, 15) is 0 Å². The largest absolute Gasteiger partial charge is 0.456 e. The summed E-state index contributed by atoms with van der Waals surface area (Å²) in [6.45, 7) is 0. The van der Waals surface area contributed by atoms with Crippen molar-refractivity contribution in [3.05, 3.63) is 187 Å². The molecule has 0 bridgehead atoms. The van der Waals surface area contributed by atoms with Crippen molar-refractivity contribution in [2.75, 3.05) is 0 Å². The Hall–Kier alpha value is -6.65. The van der Waals surface area contributed by atoms with Gasteiger partial charge in [-0.05, 0) is 45.5 Å². The second-order valence-corrected chi connectivity index (χ2v) is 12.7. The van der Waals surface area contributed by atoms with Crippen LogP contribution in [0.5, 0.6) is 0 Å². The second-order valence-electron chi connectivity index (χ2n) is 12.7. The molecule has 0 saturated carbocycles. The van der Waals surface area contributed by atoms with Gasteiger partial charge in [-0.15, -0.1) is 0 Å². The smallest absolute Gasteiger partial charge is 0.164 e. The molecule has 0 amide bonds. The Kier molecular flexibility index (Phi) is 6.53.